The van der Waals surface area contributed by atoms with Gasteiger partial charge in [0.2, 0.25) is 0 Å². The van der Waals surface area contributed by atoms with Gasteiger partial charge in [0.25, 0.3) is 0 Å². The van der Waals surface area contributed by atoms with Gasteiger partial charge < -0.3 is 0 Å². The van der Waals surface area contributed by atoms with Crippen molar-refractivity contribution in [2.45, 2.75) is 40.5 Å². The first-order valence-electron chi connectivity index (χ1n) is 4.94. The second kappa shape index (κ2) is 3.91. The summed E-state index contributed by atoms with van der Waals surface area (Å²) in [5.41, 5.74) is 3.19. The second-order valence-corrected chi connectivity index (χ2v) is 4.74. The number of hydrogen-bond donors (Lipinski definition) is 0. The summed E-state index contributed by atoms with van der Waals surface area (Å²) >= 11 is 0. The van der Waals surface area contributed by atoms with Gasteiger partial charge in [-0.1, -0.05) is 27.7 Å². The van der Waals surface area contributed by atoms with E-state index in [0.29, 0.717) is 5.41 Å². The molecule has 1 rings (SSSR count). The van der Waals surface area contributed by atoms with Gasteiger partial charge in [0.15, 0.2) is 0 Å². The number of pyridine rings is 1. The first-order chi connectivity index (χ1) is 6.03. The summed E-state index contributed by atoms with van der Waals surface area (Å²) in [7, 11) is 0. The quantitative estimate of drug-likeness (QED) is 0.676. The Kier molecular flexibility index (Phi) is 3.07. The molecule has 0 fully saturated rings. The van der Waals surface area contributed by atoms with E-state index in [2.05, 4.69) is 38.7 Å². The van der Waals surface area contributed by atoms with Crippen molar-refractivity contribution in [2.24, 2.45) is 5.41 Å². The minimum atomic E-state index is 0.354. The number of aryl methyl sites for hydroxylation is 1. The van der Waals surface area contributed by atoms with E-state index in [0.717, 1.165) is 12.8 Å². The van der Waals surface area contributed by atoms with Crippen LogP contribution in [0.2, 0.25) is 0 Å². The van der Waals surface area contributed by atoms with Gasteiger partial charge in [-0.05, 0) is 35.4 Å². The molecule has 0 bridgehead atoms. The van der Waals surface area contributed by atoms with Crippen LogP contribution in [-0.4, -0.2) is 4.98 Å². The molecule has 0 saturated carbocycles. The Morgan fingerprint density at radius 2 is 1.92 bits per heavy atom. The minimum absolute atomic E-state index is 0.354. The van der Waals surface area contributed by atoms with Crippen LogP contribution in [0.4, 0.5) is 0 Å². The summed E-state index contributed by atoms with van der Waals surface area (Å²) in [6, 6.07) is 2.13. The molecule has 0 saturated heterocycles. The van der Waals surface area contributed by atoms with Crippen LogP contribution in [0.1, 0.15) is 38.8 Å². The Morgan fingerprint density at radius 1 is 1.23 bits per heavy atom. The van der Waals surface area contributed by atoms with Crippen molar-refractivity contribution in [1.29, 1.82) is 0 Å². The number of aromatic nitrogens is 1. The molecule has 0 atom stereocenters. The molecule has 0 spiro atoms. The predicted molar refractivity (Wildman–Crippen MR) is 56.8 cm³/mol. The topological polar surface area (TPSA) is 12.9 Å². The van der Waals surface area contributed by atoms with Crippen molar-refractivity contribution in [3.05, 3.63) is 29.6 Å². The maximum atomic E-state index is 4.18. The fourth-order valence-corrected chi connectivity index (χ4v) is 1.53. The molecule has 1 aromatic heterocycles. The highest BCUT2D eigenvalue weighted by Crippen LogP contribution is 2.22. The molecule has 0 unspecified atom stereocenters. The zero-order chi connectivity index (χ0) is 9.90. The molecule has 1 nitrogen and oxygen atoms in total. The van der Waals surface area contributed by atoms with E-state index in [9.17, 15) is 0 Å². The predicted octanol–water partition coefficient (Wildman–Crippen LogP) is 3.23. The summed E-state index contributed by atoms with van der Waals surface area (Å²) in [6.07, 6.45) is 6.10. The molecule has 0 N–H and O–H groups in total. The van der Waals surface area contributed by atoms with Crippen LogP contribution in [0.3, 0.4) is 0 Å². The van der Waals surface area contributed by atoms with Crippen LogP contribution in [-0.2, 0) is 12.8 Å². The highest BCUT2D eigenvalue weighted by atomic mass is 14.6. The molecule has 13 heavy (non-hydrogen) atoms. The van der Waals surface area contributed by atoms with E-state index in [1.807, 2.05) is 12.4 Å². The molecule has 1 aromatic rings. The summed E-state index contributed by atoms with van der Waals surface area (Å²) in [6.45, 7) is 8.99. The lowest BCUT2D eigenvalue weighted by Gasteiger charge is -2.19. The standard InChI is InChI=1S/C12H19N/c1-5-10-6-7-13-9-11(10)8-12(2,3)4/h6-7,9H,5,8H2,1-4H3. The molecule has 1 heterocycles. The molecule has 0 radical (unpaired) electrons. The van der Waals surface area contributed by atoms with Crippen molar-refractivity contribution in [1.82, 2.24) is 4.98 Å². The fourth-order valence-electron chi connectivity index (χ4n) is 1.53. The lowest BCUT2D eigenvalue weighted by molar-refractivity contribution is 0.409. The Labute approximate surface area is 81.2 Å². The van der Waals surface area contributed by atoms with Crippen molar-refractivity contribution >= 4 is 0 Å². The van der Waals surface area contributed by atoms with Gasteiger partial charge in [0.1, 0.15) is 0 Å². The average molecular weight is 177 g/mol. The van der Waals surface area contributed by atoms with Crippen LogP contribution in [0.15, 0.2) is 18.5 Å². The fraction of sp³-hybridized carbons (Fsp3) is 0.583. The number of rotatable bonds is 2. The summed E-state index contributed by atoms with van der Waals surface area (Å²) in [5, 5.41) is 0. The van der Waals surface area contributed by atoms with E-state index in [1.165, 1.54) is 11.1 Å². The highest BCUT2D eigenvalue weighted by molar-refractivity contribution is 5.24. The van der Waals surface area contributed by atoms with Gasteiger partial charge in [0.05, 0.1) is 0 Å². The molecule has 0 aromatic carbocycles. The van der Waals surface area contributed by atoms with E-state index < -0.39 is 0 Å². The normalized spacial score (nSPS) is 11.7. The Hall–Kier alpha value is -0.850. The van der Waals surface area contributed by atoms with Gasteiger partial charge in [-0.2, -0.15) is 0 Å². The first kappa shape index (κ1) is 10.2. The largest absolute Gasteiger partial charge is 0.264 e. The van der Waals surface area contributed by atoms with Gasteiger partial charge in [-0.15, -0.1) is 0 Å². The van der Waals surface area contributed by atoms with E-state index >= 15 is 0 Å². The molecular weight excluding hydrogens is 158 g/mol. The summed E-state index contributed by atoms with van der Waals surface area (Å²) in [5.74, 6) is 0. The number of nitrogens with zero attached hydrogens (tertiary/aromatic N) is 1. The van der Waals surface area contributed by atoms with E-state index in [1.54, 1.807) is 0 Å². The van der Waals surface area contributed by atoms with E-state index in [4.69, 9.17) is 0 Å². The van der Waals surface area contributed by atoms with Gasteiger partial charge >= 0.3 is 0 Å². The summed E-state index contributed by atoms with van der Waals surface area (Å²) in [4.78, 5) is 4.18. The Balaban J connectivity index is 2.87. The smallest absolute Gasteiger partial charge is 0.0302 e. The third-order valence-corrected chi connectivity index (χ3v) is 2.11. The maximum Gasteiger partial charge on any atom is 0.0302 e. The molecular formula is C12H19N. The molecule has 72 valence electrons. The van der Waals surface area contributed by atoms with Crippen LogP contribution in [0, 0.1) is 5.41 Å². The van der Waals surface area contributed by atoms with Crippen LogP contribution in [0.25, 0.3) is 0 Å². The molecule has 1 heteroatoms. The Morgan fingerprint density at radius 3 is 2.46 bits per heavy atom. The third kappa shape index (κ3) is 3.17. The van der Waals surface area contributed by atoms with Crippen LogP contribution >= 0.6 is 0 Å². The maximum absolute atomic E-state index is 4.18. The molecule has 0 aliphatic carbocycles. The number of hydrogen-bond acceptors (Lipinski definition) is 1. The highest BCUT2D eigenvalue weighted by Gasteiger charge is 2.13. The monoisotopic (exact) mass is 177 g/mol. The third-order valence-electron chi connectivity index (χ3n) is 2.11. The lowest BCUT2D eigenvalue weighted by atomic mass is 9.87. The summed E-state index contributed by atoms with van der Waals surface area (Å²) < 4.78 is 0. The zero-order valence-electron chi connectivity index (χ0n) is 9.09. The second-order valence-electron chi connectivity index (χ2n) is 4.74. The lowest BCUT2D eigenvalue weighted by Crippen LogP contribution is -2.11. The van der Waals surface area contributed by atoms with Crippen LogP contribution in [0.5, 0.6) is 0 Å². The first-order valence-corrected chi connectivity index (χ1v) is 4.94. The van der Waals surface area contributed by atoms with Crippen molar-refractivity contribution in [2.75, 3.05) is 0 Å². The molecule has 0 amide bonds. The minimum Gasteiger partial charge on any atom is -0.264 e. The van der Waals surface area contributed by atoms with Gasteiger partial charge in [0, 0.05) is 12.4 Å². The Bertz CT molecular complexity index is 271. The molecule has 0 aliphatic heterocycles. The van der Waals surface area contributed by atoms with Crippen molar-refractivity contribution in [3.63, 3.8) is 0 Å². The SMILES string of the molecule is CCc1ccncc1CC(C)(C)C. The zero-order valence-corrected chi connectivity index (χ0v) is 9.09. The van der Waals surface area contributed by atoms with Gasteiger partial charge in [-0.25, -0.2) is 0 Å². The van der Waals surface area contributed by atoms with Gasteiger partial charge in [-0.3, -0.25) is 4.98 Å². The average Bonchev–Trinajstić information content (AvgIpc) is 2.02. The van der Waals surface area contributed by atoms with E-state index in [-0.39, 0.29) is 0 Å². The van der Waals surface area contributed by atoms with Crippen molar-refractivity contribution < 1.29 is 0 Å². The molecule has 0 aliphatic rings. The van der Waals surface area contributed by atoms with Crippen LogP contribution < -0.4 is 0 Å². The van der Waals surface area contributed by atoms with Crippen molar-refractivity contribution in [3.8, 4) is 0 Å².